The van der Waals surface area contributed by atoms with E-state index in [4.69, 9.17) is 9.47 Å². The molecule has 0 radical (unpaired) electrons. The molecule has 0 spiro atoms. The van der Waals surface area contributed by atoms with Gasteiger partial charge in [-0.2, -0.15) is 0 Å². The molecule has 7 heteroatoms. The van der Waals surface area contributed by atoms with Gasteiger partial charge in [0.25, 0.3) is 0 Å². The molecular formula is C30H32N2O5. The Balaban J connectivity index is 1.76. The number of aliphatic hydroxyl groups is 1. The molecule has 2 N–H and O–H groups in total. The van der Waals surface area contributed by atoms with Crippen LogP contribution >= 0.6 is 0 Å². The third-order valence-corrected chi connectivity index (χ3v) is 5.87. The summed E-state index contributed by atoms with van der Waals surface area (Å²) in [5.41, 5.74) is 3.26. The van der Waals surface area contributed by atoms with Gasteiger partial charge in [0.2, 0.25) is 0 Å². The van der Waals surface area contributed by atoms with Gasteiger partial charge in [0, 0.05) is 23.8 Å². The number of hydrogen-bond donors (Lipinski definition) is 2. The van der Waals surface area contributed by atoms with Crippen molar-refractivity contribution in [2.24, 2.45) is 0 Å². The maximum atomic E-state index is 13.1. The lowest BCUT2D eigenvalue weighted by molar-refractivity contribution is 0.0544. The van der Waals surface area contributed by atoms with Gasteiger partial charge < -0.3 is 19.9 Å². The third-order valence-electron chi connectivity index (χ3n) is 5.87. The van der Waals surface area contributed by atoms with E-state index < -0.39 is 23.8 Å². The topological polar surface area (TPSA) is 89.8 Å². The number of carbonyl (C=O) groups is 2. The van der Waals surface area contributed by atoms with Crippen LogP contribution in [0.4, 0.5) is 9.59 Å². The molecule has 1 atom stereocenters. The first-order valence-electron chi connectivity index (χ1n) is 12.3. The van der Waals surface area contributed by atoms with Crippen LogP contribution in [0.25, 0.3) is 10.9 Å². The van der Waals surface area contributed by atoms with E-state index in [1.54, 1.807) is 6.20 Å². The first-order valence-corrected chi connectivity index (χ1v) is 12.3. The van der Waals surface area contributed by atoms with Crippen LogP contribution in [0.1, 0.15) is 49.1 Å². The molecule has 1 aromatic heterocycles. The van der Waals surface area contributed by atoms with Gasteiger partial charge in [-0.1, -0.05) is 72.8 Å². The highest BCUT2D eigenvalue weighted by Gasteiger charge is 2.27. The molecular weight excluding hydrogens is 468 g/mol. The molecule has 0 aliphatic carbocycles. The number of carbonyl (C=O) groups excluding carboxylic acids is 2. The Kier molecular flexibility index (Phi) is 7.94. The maximum absolute atomic E-state index is 13.1. The number of nitrogens with zero attached hydrogens (tertiary/aromatic N) is 1. The quantitative estimate of drug-likeness (QED) is 0.326. The molecule has 1 amide bonds. The third kappa shape index (κ3) is 6.37. The average Bonchev–Trinajstić information content (AvgIpc) is 3.26. The molecule has 0 aliphatic rings. The number of ether oxygens (including phenoxy) is 2. The lowest BCUT2D eigenvalue weighted by Crippen LogP contribution is -2.30. The Labute approximate surface area is 216 Å². The predicted octanol–water partition coefficient (Wildman–Crippen LogP) is 5.98. The van der Waals surface area contributed by atoms with E-state index in [9.17, 15) is 14.7 Å². The van der Waals surface area contributed by atoms with Crippen molar-refractivity contribution in [3.05, 3.63) is 107 Å². The van der Waals surface area contributed by atoms with Gasteiger partial charge in [-0.3, -0.25) is 4.57 Å². The second-order valence-electron chi connectivity index (χ2n) is 9.76. The first kappa shape index (κ1) is 26.0. The average molecular weight is 501 g/mol. The minimum absolute atomic E-state index is 0.0398. The standard InChI is InChI=1S/C30H32N2O5/c1-30(2,3)37-29(35)32-19-25(24-15-9-10-16-26(24)32)27(23-14-8-7-13-22(23)17-18-33)31-28(34)36-20-21-11-5-4-6-12-21/h4-16,19,27,33H,17-18,20H2,1-3H3,(H,31,34)/t27-/m1/s1. The zero-order valence-electron chi connectivity index (χ0n) is 21.3. The molecule has 0 aliphatic heterocycles. The van der Waals surface area contributed by atoms with Crippen molar-refractivity contribution in [3.8, 4) is 0 Å². The number of fused-ring (bicyclic) bond motifs is 1. The van der Waals surface area contributed by atoms with Crippen molar-refractivity contribution >= 4 is 23.1 Å². The second kappa shape index (κ2) is 11.3. The number of nitrogens with one attached hydrogen (secondary N) is 1. The minimum atomic E-state index is -0.671. The SMILES string of the molecule is CC(C)(C)OC(=O)n1cc([C@H](NC(=O)OCc2ccccc2)c2ccccc2CCO)c2ccccc21. The van der Waals surface area contributed by atoms with Gasteiger partial charge >= 0.3 is 12.2 Å². The number of amides is 1. The van der Waals surface area contributed by atoms with Gasteiger partial charge in [-0.15, -0.1) is 0 Å². The van der Waals surface area contributed by atoms with Gasteiger partial charge in [-0.25, -0.2) is 9.59 Å². The molecule has 0 saturated carbocycles. The Hall–Kier alpha value is -4.10. The number of rotatable bonds is 7. The molecule has 4 rings (SSSR count). The van der Waals surface area contributed by atoms with Crippen molar-refractivity contribution < 1.29 is 24.2 Å². The van der Waals surface area contributed by atoms with Crippen LogP contribution in [0.2, 0.25) is 0 Å². The molecule has 7 nitrogen and oxygen atoms in total. The largest absolute Gasteiger partial charge is 0.445 e. The van der Waals surface area contributed by atoms with Gasteiger partial charge in [0.05, 0.1) is 11.6 Å². The van der Waals surface area contributed by atoms with Crippen LogP contribution in [-0.4, -0.2) is 34.1 Å². The molecule has 0 bridgehead atoms. The van der Waals surface area contributed by atoms with Crippen LogP contribution in [0.15, 0.2) is 85.1 Å². The fourth-order valence-corrected chi connectivity index (χ4v) is 4.27. The number of benzene rings is 3. The monoisotopic (exact) mass is 500 g/mol. The number of alkyl carbamates (subject to hydrolysis) is 1. The molecule has 4 aromatic rings. The lowest BCUT2D eigenvalue weighted by atomic mass is 9.93. The van der Waals surface area contributed by atoms with Gasteiger partial charge in [-0.05, 0) is 49.9 Å². The first-order chi connectivity index (χ1) is 17.8. The normalized spacial score (nSPS) is 12.2. The molecule has 0 fully saturated rings. The van der Waals surface area contributed by atoms with Crippen LogP contribution in [0.3, 0.4) is 0 Å². The molecule has 0 saturated heterocycles. The van der Waals surface area contributed by atoms with E-state index in [1.807, 2.05) is 99.6 Å². The summed E-state index contributed by atoms with van der Waals surface area (Å²) < 4.78 is 12.6. The fraction of sp³-hybridized carbons (Fsp3) is 0.267. The maximum Gasteiger partial charge on any atom is 0.419 e. The van der Waals surface area contributed by atoms with Crippen LogP contribution in [0, 0.1) is 0 Å². The van der Waals surface area contributed by atoms with E-state index in [-0.39, 0.29) is 13.2 Å². The van der Waals surface area contributed by atoms with Crippen LogP contribution < -0.4 is 5.32 Å². The molecule has 1 heterocycles. The zero-order valence-corrected chi connectivity index (χ0v) is 21.3. The summed E-state index contributed by atoms with van der Waals surface area (Å²) >= 11 is 0. The molecule has 3 aromatic carbocycles. The highest BCUT2D eigenvalue weighted by Crippen LogP contribution is 2.33. The van der Waals surface area contributed by atoms with Gasteiger partial charge in [0.1, 0.15) is 12.2 Å². The summed E-state index contributed by atoms with van der Waals surface area (Å²) in [7, 11) is 0. The van der Waals surface area contributed by atoms with Gasteiger partial charge in [0.15, 0.2) is 0 Å². The number of para-hydroxylation sites is 1. The van der Waals surface area contributed by atoms with Crippen molar-refractivity contribution in [2.75, 3.05) is 6.61 Å². The molecule has 37 heavy (non-hydrogen) atoms. The summed E-state index contributed by atoms with van der Waals surface area (Å²) in [6.07, 6.45) is 1.01. The molecule has 0 unspecified atom stereocenters. The summed E-state index contributed by atoms with van der Waals surface area (Å²) in [6.45, 7) is 5.53. The summed E-state index contributed by atoms with van der Waals surface area (Å²) in [5.74, 6) is 0. The Morgan fingerprint density at radius 3 is 2.32 bits per heavy atom. The summed E-state index contributed by atoms with van der Waals surface area (Å²) in [4.78, 5) is 26.1. The van der Waals surface area contributed by atoms with Crippen molar-refractivity contribution in [3.63, 3.8) is 0 Å². The summed E-state index contributed by atoms with van der Waals surface area (Å²) in [5, 5.41) is 13.5. The van der Waals surface area contributed by atoms with E-state index in [0.717, 1.165) is 22.1 Å². The Morgan fingerprint density at radius 1 is 0.919 bits per heavy atom. The smallest absolute Gasteiger partial charge is 0.419 e. The highest BCUT2D eigenvalue weighted by molar-refractivity contribution is 5.93. The van der Waals surface area contributed by atoms with Crippen molar-refractivity contribution in [1.29, 1.82) is 0 Å². The number of aromatic nitrogens is 1. The second-order valence-corrected chi connectivity index (χ2v) is 9.76. The van der Waals surface area contributed by atoms with Crippen LogP contribution in [0.5, 0.6) is 0 Å². The predicted molar refractivity (Wildman–Crippen MR) is 142 cm³/mol. The zero-order chi connectivity index (χ0) is 26.4. The van der Waals surface area contributed by atoms with Crippen LogP contribution in [-0.2, 0) is 22.5 Å². The van der Waals surface area contributed by atoms with E-state index in [0.29, 0.717) is 17.5 Å². The lowest BCUT2D eigenvalue weighted by Gasteiger charge is -2.22. The summed E-state index contributed by atoms with van der Waals surface area (Å²) in [6, 6.07) is 23.9. The molecule has 192 valence electrons. The Bertz CT molecular complexity index is 1370. The number of aliphatic hydroxyl groups excluding tert-OH is 1. The Morgan fingerprint density at radius 2 is 1.59 bits per heavy atom. The van der Waals surface area contributed by atoms with E-state index in [2.05, 4.69) is 5.32 Å². The minimum Gasteiger partial charge on any atom is -0.445 e. The van der Waals surface area contributed by atoms with E-state index >= 15 is 0 Å². The van der Waals surface area contributed by atoms with Crippen molar-refractivity contribution in [1.82, 2.24) is 9.88 Å². The highest BCUT2D eigenvalue weighted by atomic mass is 16.6. The van der Waals surface area contributed by atoms with E-state index in [1.165, 1.54) is 4.57 Å². The fourth-order valence-electron chi connectivity index (χ4n) is 4.27. The number of hydrogen-bond acceptors (Lipinski definition) is 5. The van der Waals surface area contributed by atoms with Crippen molar-refractivity contribution in [2.45, 2.75) is 45.4 Å².